The SMILES string of the molecule is CCN(CCOCCN(C)c1ccc(NC(=O)c2cc(=O)c3cccc(N4CCN(C)CC4)c3o2)cc1)c1ccc(NC(=O)c2cc(=O)c3cc(F)cc(N4CCN(C)CC4)c3o2)cc1. The summed E-state index contributed by atoms with van der Waals surface area (Å²) in [6.07, 6.45) is 0. The molecule has 65 heavy (non-hydrogen) atoms. The van der Waals surface area contributed by atoms with Crippen LogP contribution in [0.4, 0.5) is 38.5 Å². The van der Waals surface area contributed by atoms with Gasteiger partial charge < -0.3 is 53.6 Å². The number of fused-ring (bicyclic) bond motifs is 2. The van der Waals surface area contributed by atoms with Crippen LogP contribution >= 0.6 is 0 Å². The predicted octanol–water partition coefficient (Wildman–Crippen LogP) is 6.03. The zero-order valence-electron chi connectivity index (χ0n) is 37.3. The molecule has 2 N–H and O–H groups in total. The fraction of sp³-hybridized carbons (Fsp3) is 0.347. The number of halogens is 1. The third-order valence-corrected chi connectivity index (χ3v) is 12.2. The summed E-state index contributed by atoms with van der Waals surface area (Å²) in [5.74, 6) is -1.82. The maximum absolute atomic E-state index is 14.6. The van der Waals surface area contributed by atoms with Crippen molar-refractivity contribution >= 4 is 67.9 Å². The molecule has 2 aliphatic heterocycles. The monoisotopic (exact) mass is 886 g/mol. The highest BCUT2D eigenvalue weighted by molar-refractivity contribution is 6.04. The molecule has 2 saturated heterocycles. The average molecular weight is 887 g/mol. The van der Waals surface area contributed by atoms with Crippen LogP contribution in [0, 0.1) is 5.82 Å². The van der Waals surface area contributed by atoms with E-state index < -0.39 is 23.1 Å². The van der Waals surface area contributed by atoms with Crippen molar-refractivity contribution in [2.24, 2.45) is 0 Å². The number of anilines is 6. The number of rotatable bonds is 15. The van der Waals surface area contributed by atoms with E-state index in [-0.39, 0.29) is 27.9 Å². The molecular weight excluding hydrogens is 832 g/mol. The zero-order valence-corrected chi connectivity index (χ0v) is 37.3. The van der Waals surface area contributed by atoms with Crippen LogP contribution in [0.1, 0.15) is 28.0 Å². The molecule has 8 rings (SSSR count). The average Bonchev–Trinajstić information content (AvgIpc) is 3.31. The molecule has 2 aromatic heterocycles. The van der Waals surface area contributed by atoms with Gasteiger partial charge in [0, 0.05) is 120 Å². The normalized spacial score (nSPS) is 14.8. The van der Waals surface area contributed by atoms with Gasteiger partial charge in [0.2, 0.25) is 0 Å². The molecule has 4 heterocycles. The van der Waals surface area contributed by atoms with Gasteiger partial charge in [0.05, 0.1) is 35.4 Å². The molecule has 16 heteroatoms. The van der Waals surface area contributed by atoms with Crippen molar-refractivity contribution in [2.75, 3.05) is 137 Å². The Balaban J connectivity index is 0.803. The van der Waals surface area contributed by atoms with E-state index in [1.807, 2.05) is 67.5 Å². The Hall–Kier alpha value is -6.75. The summed E-state index contributed by atoms with van der Waals surface area (Å²) in [7, 11) is 6.07. The number of benzene rings is 4. The standard InChI is InChI=1S/C49H55FN8O7/c1-5-56(37-15-11-35(12-16-37)52-49(62)45-32-43(60)39-29-33(50)30-41(47(39)65-45)58-23-19-54(3)20-24-58)26-28-63-27-25-55(4)36-13-9-34(10-14-36)51-48(61)44-31-42(59)38-7-6-8-40(46(38)64-44)57-21-17-53(2)18-22-57/h6-16,29-32H,5,17-28H2,1-4H3,(H,51,61)(H,52,62). The number of hydrogen-bond acceptors (Lipinski definition) is 13. The number of ether oxygens (including phenoxy) is 1. The van der Waals surface area contributed by atoms with E-state index in [9.17, 15) is 23.6 Å². The summed E-state index contributed by atoms with van der Waals surface area (Å²) in [5.41, 5.74) is 4.12. The lowest BCUT2D eigenvalue weighted by molar-refractivity contribution is 0.0990. The third-order valence-electron chi connectivity index (χ3n) is 12.2. The first-order chi connectivity index (χ1) is 31.4. The van der Waals surface area contributed by atoms with Gasteiger partial charge in [0.1, 0.15) is 5.82 Å². The summed E-state index contributed by atoms with van der Waals surface area (Å²) < 4.78 is 32.7. The van der Waals surface area contributed by atoms with Gasteiger partial charge in [-0.25, -0.2) is 4.39 Å². The summed E-state index contributed by atoms with van der Waals surface area (Å²) >= 11 is 0. The number of amides is 2. The minimum atomic E-state index is -0.581. The molecule has 0 radical (unpaired) electrons. The number of carbonyl (C=O) groups excluding carboxylic acids is 2. The molecule has 0 spiro atoms. The first kappa shape index (κ1) is 44.8. The predicted molar refractivity (Wildman–Crippen MR) is 255 cm³/mol. The number of hydrogen-bond donors (Lipinski definition) is 2. The van der Waals surface area contributed by atoms with Gasteiger partial charge in [-0.05, 0) is 87.7 Å². The van der Waals surface area contributed by atoms with Gasteiger partial charge >= 0.3 is 0 Å². The summed E-state index contributed by atoms with van der Waals surface area (Å²) in [6.45, 7) is 11.3. The van der Waals surface area contributed by atoms with Crippen molar-refractivity contribution in [3.05, 3.63) is 129 Å². The van der Waals surface area contributed by atoms with Crippen molar-refractivity contribution in [1.29, 1.82) is 0 Å². The van der Waals surface area contributed by atoms with Gasteiger partial charge in [0.15, 0.2) is 33.5 Å². The second-order valence-electron chi connectivity index (χ2n) is 16.6. The van der Waals surface area contributed by atoms with Crippen LogP contribution in [0.25, 0.3) is 21.9 Å². The van der Waals surface area contributed by atoms with Crippen LogP contribution in [0.15, 0.2) is 109 Å². The number of para-hydroxylation sites is 1. The lowest BCUT2D eigenvalue weighted by Gasteiger charge is -2.34. The quantitative estimate of drug-likeness (QED) is 0.116. The largest absolute Gasteiger partial charge is 0.448 e. The van der Waals surface area contributed by atoms with Gasteiger partial charge in [-0.3, -0.25) is 19.2 Å². The zero-order chi connectivity index (χ0) is 45.6. The van der Waals surface area contributed by atoms with Crippen molar-refractivity contribution < 1.29 is 27.6 Å². The first-order valence-corrected chi connectivity index (χ1v) is 22.0. The van der Waals surface area contributed by atoms with E-state index >= 15 is 0 Å². The molecule has 0 atom stereocenters. The van der Waals surface area contributed by atoms with Gasteiger partial charge in [0.25, 0.3) is 11.8 Å². The summed E-state index contributed by atoms with van der Waals surface area (Å²) in [4.78, 5) is 65.5. The van der Waals surface area contributed by atoms with Gasteiger partial charge in [-0.2, -0.15) is 0 Å². The van der Waals surface area contributed by atoms with E-state index in [0.717, 1.165) is 75.0 Å². The van der Waals surface area contributed by atoms with Crippen molar-refractivity contribution in [3.8, 4) is 0 Å². The number of likely N-dealkylation sites (N-methyl/N-ethyl adjacent to an activating group) is 4. The van der Waals surface area contributed by atoms with Crippen LogP contribution in [0.5, 0.6) is 0 Å². The lowest BCUT2D eigenvalue weighted by Crippen LogP contribution is -2.44. The first-order valence-electron chi connectivity index (χ1n) is 22.0. The van der Waals surface area contributed by atoms with E-state index in [1.54, 1.807) is 18.2 Å². The van der Waals surface area contributed by atoms with Crippen molar-refractivity contribution in [3.63, 3.8) is 0 Å². The molecule has 0 saturated carbocycles. The van der Waals surface area contributed by atoms with E-state index in [0.29, 0.717) is 67.4 Å². The second-order valence-corrected chi connectivity index (χ2v) is 16.6. The van der Waals surface area contributed by atoms with Gasteiger partial charge in [-0.15, -0.1) is 0 Å². The van der Waals surface area contributed by atoms with Crippen LogP contribution < -0.4 is 41.1 Å². The Labute approximate surface area is 376 Å². The molecule has 6 aromatic rings. The number of carbonyl (C=O) groups is 2. The molecule has 15 nitrogen and oxygen atoms in total. The molecule has 0 unspecified atom stereocenters. The molecule has 2 amide bonds. The highest BCUT2D eigenvalue weighted by Crippen LogP contribution is 2.30. The minimum Gasteiger partial charge on any atom is -0.448 e. The summed E-state index contributed by atoms with van der Waals surface area (Å²) in [6, 6.07) is 25.2. The number of nitrogens with one attached hydrogen (secondary N) is 2. The fourth-order valence-electron chi connectivity index (χ4n) is 8.19. The van der Waals surface area contributed by atoms with E-state index in [4.69, 9.17) is 13.6 Å². The Bertz CT molecular complexity index is 2760. The van der Waals surface area contributed by atoms with Crippen LogP contribution in [-0.2, 0) is 4.74 Å². The Morgan fingerprint density at radius 3 is 1.72 bits per heavy atom. The smallest absolute Gasteiger partial charge is 0.291 e. The topological polar surface area (TPSA) is 147 Å². The molecule has 340 valence electrons. The highest BCUT2D eigenvalue weighted by atomic mass is 19.1. The molecule has 0 aliphatic carbocycles. The number of piperazine rings is 2. The van der Waals surface area contributed by atoms with E-state index in [1.165, 1.54) is 12.1 Å². The van der Waals surface area contributed by atoms with Crippen molar-refractivity contribution in [2.45, 2.75) is 6.92 Å². The molecule has 2 aliphatic rings. The maximum atomic E-state index is 14.6. The molecule has 0 bridgehead atoms. The van der Waals surface area contributed by atoms with Crippen molar-refractivity contribution in [1.82, 2.24) is 9.80 Å². The molecule has 4 aromatic carbocycles. The Kier molecular flexibility index (Phi) is 13.8. The highest BCUT2D eigenvalue weighted by Gasteiger charge is 2.23. The second kappa shape index (κ2) is 20.0. The fourth-order valence-corrected chi connectivity index (χ4v) is 8.19. The maximum Gasteiger partial charge on any atom is 0.291 e. The Morgan fingerprint density at radius 2 is 1.15 bits per heavy atom. The summed E-state index contributed by atoms with van der Waals surface area (Å²) in [5, 5.41) is 6.23. The van der Waals surface area contributed by atoms with Crippen LogP contribution in [0.2, 0.25) is 0 Å². The van der Waals surface area contributed by atoms with Crippen LogP contribution in [0.3, 0.4) is 0 Å². The lowest BCUT2D eigenvalue weighted by atomic mass is 10.1. The number of nitrogens with zero attached hydrogens (tertiary/aromatic N) is 6. The van der Waals surface area contributed by atoms with E-state index in [2.05, 4.69) is 49.1 Å². The molecule has 2 fully saturated rings. The minimum absolute atomic E-state index is 0.0453. The Morgan fingerprint density at radius 1 is 0.646 bits per heavy atom. The van der Waals surface area contributed by atoms with Crippen LogP contribution in [-0.4, -0.2) is 128 Å². The van der Waals surface area contributed by atoms with Gasteiger partial charge in [-0.1, -0.05) is 6.07 Å². The third kappa shape index (κ3) is 10.5. The molecular formula is C49H55FN8O7.